The van der Waals surface area contributed by atoms with Crippen molar-refractivity contribution in [1.82, 2.24) is 0 Å². The first-order chi connectivity index (χ1) is 9.19. The lowest BCUT2D eigenvalue weighted by molar-refractivity contribution is 0.299. The number of hydrogen-bond donors (Lipinski definition) is 2. The number of aliphatic hydroxyl groups excluding tert-OH is 1. The minimum atomic E-state index is 0.199. The van der Waals surface area contributed by atoms with Crippen LogP contribution in [0, 0.1) is 6.92 Å². The molecular formula is C16H18BrNO. The molecule has 2 aromatic carbocycles. The molecule has 19 heavy (non-hydrogen) atoms. The molecule has 0 amide bonds. The number of aliphatic hydroxyl groups is 1. The minimum absolute atomic E-state index is 0.199. The topological polar surface area (TPSA) is 32.3 Å². The van der Waals surface area contributed by atoms with E-state index in [9.17, 15) is 0 Å². The van der Waals surface area contributed by atoms with Crippen molar-refractivity contribution in [3.8, 4) is 0 Å². The summed E-state index contributed by atoms with van der Waals surface area (Å²) in [5.74, 6) is 0. The summed E-state index contributed by atoms with van der Waals surface area (Å²) in [7, 11) is 0. The Morgan fingerprint density at radius 3 is 2.37 bits per heavy atom. The van der Waals surface area contributed by atoms with Gasteiger partial charge in [0.05, 0.1) is 0 Å². The second-order valence-corrected chi connectivity index (χ2v) is 5.46. The number of halogens is 1. The second-order valence-electron chi connectivity index (χ2n) is 4.61. The Hall–Kier alpha value is -1.32. The Morgan fingerprint density at radius 1 is 1.05 bits per heavy atom. The summed E-state index contributed by atoms with van der Waals surface area (Å²) in [4.78, 5) is 0. The van der Waals surface area contributed by atoms with E-state index >= 15 is 0 Å². The van der Waals surface area contributed by atoms with Gasteiger partial charge in [0.25, 0.3) is 0 Å². The van der Waals surface area contributed by atoms with Crippen LogP contribution in [-0.4, -0.2) is 11.7 Å². The number of rotatable bonds is 5. The van der Waals surface area contributed by atoms with Gasteiger partial charge in [0.1, 0.15) is 0 Å². The Kier molecular flexibility index (Phi) is 5.00. The van der Waals surface area contributed by atoms with E-state index in [4.69, 9.17) is 5.11 Å². The van der Waals surface area contributed by atoms with Crippen molar-refractivity contribution in [2.75, 3.05) is 11.9 Å². The van der Waals surface area contributed by atoms with E-state index in [-0.39, 0.29) is 6.61 Å². The first-order valence-electron chi connectivity index (χ1n) is 6.38. The summed E-state index contributed by atoms with van der Waals surface area (Å²) in [6.07, 6.45) is 0.714. The average molecular weight is 320 g/mol. The van der Waals surface area contributed by atoms with Gasteiger partial charge in [-0.05, 0) is 48.2 Å². The number of aryl methyl sites for hydroxylation is 1. The van der Waals surface area contributed by atoms with Crippen LogP contribution in [0.25, 0.3) is 0 Å². The third kappa shape index (κ3) is 4.08. The van der Waals surface area contributed by atoms with Gasteiger partial charge in [0.2, 0.25) is 0 Å². The van der Waals surface area contributed by atoms with Crippen LogP contribution in [0.15, 0.2) is 46.9 Å². The fourth-order valence-electron chi connectivity index (χ4n) is 1.94. The maximum Gasteiger partial charge on any atom is 0.0471 e. The van der Waals surface area contributed by atoms with Gasteiger partial charge < -0.3 is 10.4 Å². The largest absolute Gasteiger partial charge is 0.396 e. The molecule has 3 heteroatoms. The molecule has 0 radical (unpaired) electrons. The Labute approximate surface area is 122 Å². The Morgan fingerprint density at radius 2 is 1.74 bits per heavy atom. The Balaban J connectivity index is 1.96. The van der Waals surface area contributed by atoms with Gasteiger partial charge in [-0.1, -0.05) is 40.2 Å². The van der Waals surface area contributed by atoms with Gasteiger partial charge >= 0.3 is 0 Å². The molecular weight excluding hydrogens is 302 g/mol. The molecule has 0 aliphatic carbocycles. The lowest BCUT2D eigenvalue weighted by Crippen LogP contribution is -2.00. The first kappa shape index (κ1) is 14.1. The predicted molar refractivity (Wildman–Crippen MR) is 83.4 cm³/mol. The predicted octanol–water partition coefficient (Wildman–Crippen LogP) is 3.90. The quantitative estimate of drug-likeness (QED) is 0.875. The maximum absolute atomic E-state index is 8.87. The molecule has 0 unspecified atom stereocenters. The van der Waals surface area contributed by atoms with Gasteiger partial charge in [0.15, 0.2) is 0 Å². The van der Waals surface area contributed by atoms with Gasteiger partial charge in [0, 0.05) is 23.3 Å². The van der Waals surface area contributed by atoms with E-state index in [1.54, 1.807) is 0 Å². The van der Waals surface area contributed by atoms with Crippen LogP contribution in [0.2, 0.25) is 0 Å². The van der Waals surface area contributed by atoms with Gasteiger partial charge in [-0.25, -0.2) is 0 Å². The molecule has 2 nitrogen and oxygen atoms in total. The van der Waals surface area contributed by atoms with Crippen molar-refractivity contribution in [2.24, 2.45) is 0 Å². The molecule has 0 aromatic heterocycles. The molecule has 0 atom stereocenters. The molecule has 100 valence electrons. The van der Waals surface area contributed by atoms with E-state index in [0.29, 0.717) is 6.42 Å². The number of anilines is 1. The Bertz CT molecular complexity index is 537. The zero-order valence-corrected chi connectivity index (χ0v) is 12.6. The molecule has 2 N–H and O–H groups in total. The highest BCUT2D eigenvalue weighted by molar-refractivity contribution is 9.10. The van der Waals surface area contributed by atoms with Crippen LogP contribution in [0.5, 0.6) is 0 Å². The standard InChI is InChI=1S/C16H18BrNO/c1-12-10-14(4-7-16(12)17)11-18-15-5-2-13(3-6-15)8-9-19/h2-7,10,18-19H,8-9,11H2,1H3. The number of hydrogen-bond acceptors (Lipinski definition) is 2. The molecule has 2 aromatic rings. The van der Waals surface area contributed by atoms with Crippen molar-refractivity contribution in [3.63, 3.8) is 0 Å². The fraction of sp³-hybridized carbons (Fsp3) is 0.250. The lowest BCUT2D eigenvalue weighted by atomic mass is 10.1. The highest BCUT2D eigenvalue weighted by Crippen LogP contribution is 2.18. The van der Waals surface area contributed by atoms with Crippen LogP contribution < -0.4 is 5.32 Å². The molecule has 0 aliphatic rings. The van der Waals surface area contributed by atoms with Crippen molar-refractivity contribution in [2.45, 2.75) is 19.9 Å². The van der Waals surface area contributed by atoms with E-state index < -0.39 is 0 Å². The van der Waals surface area contributed by atoms with E-state index in [0.717, 1.165) is 22.3 Å². The van der Waals surface area contributed by atoms with E-state index in [1.807, 2.05) is 12.1 Å². The van der Waals surface area contributed by atoms with Crippen molar-refractivity contribution >= 4 is 21.6 Å². The monoisotopic (exact) mass is 319 g/mol. The van der Waals surface area contributed by atoms with Gasteiger partial charge in [-0.2, -0.15) is 0 Å². The van der Waals surface area contributed by atoms with Crippen molar-refractivity contribution < 1.29 is 5.11 Å². The zero-order valence-electron chi connectivity index (χ0n) is 11.0. The highest BCUT2D eigenvalue weighted by Gasteiger charge is 1.98. The van der Waals surface area contributed by atoms with Crippen LogP contribution >= 0.6 is 15.9 Å². The molecule has 0 saturated heterocycles. The summed E-state index contributed by atoms with van der Waals surface area (Å²) in [5.41, 5.74) is 4.77. The minimum Gasteiger partial charge on any atom is -0.396 e. The van der Waals surface area contributed by atoms with Crippen LogP contribution in [0.1, 0.15) is 16.7 Å². The third-order valence-electron chi connectivity index (χ3n) is 3.07. The summed E-state index contributed by atoms with van der Waals surface area (Å²) in [5, 5.41) is 12.3. The molecule has 0 bridgehead atoms. The molecule has 0 fully saturated rings. The zero-order chi connectivity index (χ0) is 13.7. The normalized spacial score (nSPS) is 10.5. The second kappa shape index (κ2) is 6.73. The van der Waals surface area contributed by atoms with Gasteiger partial charge in [-0.3, -0.25) is 0 Å². The summed E-state index contributed by atoms with van der Waals surface area (Å²) >= 11 is 3.51. The third-order valence-corrected chi connectivity index (χ3v) is 3.96. The first-order valence-corrected chi connectivity index (χ1v) is 7.17. The van der Waals surface area contributed by atoms with Crippen molar-refractivity contribution in [1.29, 1.82) is 0 Å². The summed E-state index contributed by atoms with van der Waals surface area (Å²) < 4.78 is 1.14. The molecule has 0 heterocycles. The smallest absolute Gasteiger partial charge is 0.0471 e. The summed E-state index contributed by atoms with van der Waals surface area (Å²) in [6.45, 7) is 3.11. The van der Waals surface area contributed by atoms with E-state index in [1.165, 1.54) is 11.1 Å². The SMILES string of the molecule is Cc1cc(CNc2ccc(CCO)cc2)ccc1Br. The average Bonchev–Trinajstić information content (AvgIpc) is 2.42. The number of benzene rings is 2. The van der Waals surface area contributed by atoms with Gasteiger partial charge in [-0.15, -0.1) is 0 Å². The molecule has 0 saturated carbocycles. The van der Waals surface area contributed by atoms with Crippen LogP contribution in [0.4, 0.5) is 5.69 Å². The lowest BCUT2D eigenvalue weighted by Gasteiger charge is -2.09. The number of nitrogens with one attached hydrogen (secondary N) is 1. The highest BCUT2D eigenvalue weighted by atomic mass is 79.9. The van der Waals surface area contributed by atoms with Crippen LogP contribution in [-0.2, 0) is 13.0 Å². The van der Waals surface area contributed by atoms with Crippen molar-refractivity contribution in [3.05, 3.63) is 63.6 Å². The molecule has 2 rings (SSSR count). The molecule has 0 spiro atoms. The fourth-order valence-corrected chi connectivity index (χ4v) is 2.19. The maximum atomic E-state index is 8.87. The van der Waals surface area contributed by atoms with E-state index in [2.05, 4.69) is 58.5 Å². The molecule has 0 aliphatic heterocycles. The summed E-state index contributed by atoms with van der Waals surface area (Å²) in [6, 6.07) is 14.6. The van der Waals surface area contributed by atoms with Crippen LogP contribution in [0.3, 0.4) is 0 Å².